The Morgan fingerprint density at radius 1 is 1.12 bits per heavy atom. The molecule has 0 bridgehead atoms. The number of nitrogens with one attached hydrogen (secondary N) is 1. The van der Waals surface area contributed by atoms with E-state index in [0.29, 0.717) is 11.6 Å². The molecule has 0 radical (unpaired) electrons. The molecule has 0 spiro atoms. The van der Waals surface area contributed by atoms with E-state index in [2.05, 4.69) is 21.5 Å². The van der Waals surface area contributed by atoms with E-state index in [4.69, 9.17) is 16.3 Å². The van der Waals surface area contributed by atoms with Crippen LogP contribution in [-0.2, 0) is 0 Å². The number of rotatable bonds is 1. The average Bonchev–Trinajstić information content (AvgIpc) is 3.09. The van der Waals surface area contributed by atoms with Crippen molar-refractivity contribution in [2.75, 3.05) is 11.9 Å². The minimum Gasteiger partial charge on any atom is -0.488 e. The monoisotopic (exact) mass is 336 g/mol. The van der Waals surface area contributed by atoms with Crippen molar-refractivity contribution < 1.29 is 4.74 Å². The maximum atomic E-state index is 6.05. The van der Waals surface area contributed by atoms with Crippen molar-refractivity contribution in [3.05, 3.63) is 76.6 Å². The summed E-state index contributed by atoms with van der Waals surface area (Å²) in [5.74, 6) is 1.61. The third-order valence-corrected chi connectivity index (χ3v) is 4.68. The fourth-order valence-corrected chi connectivity index (χ4v) is 3.46. The van der Waals surface area contributed by atoms with E-state index in [9.17, 15) is 0 Å². The van der Waals surface area contributed by atoms with Gasteiger partial charge in [-0.25, -0.2) is 4.68 Å². The van der Waals surface area contributed by atoms with Gasteiger partial charge in [-0.2, -0.15) is 10.1 Å². The average molecular weight is 337 g/mol. The molecule has 0 aliphatic carbocycles. The molecule has 118 valence electrons. The van der Waals surface area contributed by atoms with Gasteiger partial charge < -0.3 is 10.1 Å². The lowest BCUT2D eigenvalue weighted by molar-refractivity contribution is 0.328. The highest BCUT2D eigenvalue weighted by molar-refractivity contribution is 6.30. The van der Waals surface area contributed by atoms with Crippen LogP contribution in [0.1, 0.15) is 17.2 Å². The Morgan fingerprint density at radius 3 is 2.83 bits per heavy atom. The molecule has 2 aromatic carbocycles. The molecule has 24 heavy (non-hydrogen) atoms. The standard InChI is InChI=1S/C18H13ClN4O/c19-12-7-5-11(6-8-12)17-14-9-24-15-4-2-1-3-13(15)16(14)22-18-20-10-21-23(17)18/h1-8,10,17H,9H2,(H,20,21,22). The van der Waals surface area contributed by atoms with Crippen LogP contribution in [-0.4, -0.2) is 21.4 Å². The quantitative estimate of drug-likeness (QED) is 0.735. The highest BCUT2D eigenvalue weighted by atomic mass is 35.5. The minimum atomic E-state index is -0.0654. The van der Waals surface area contributed by atoms with Gasteiger partial charge in [0.1, 0.15) is 24.7 Å². The zero-order chi connectivity index (χ0) is 16.1. The molecule has 2 aliphatic heterocycles. The summed E-state index contributed by atoms with van der Waals surface area (Å²) in [6.45, 7) is 0.506. The maximum absolute atomic E-state index is 6.05. The molecule has 3 aromatic rings. The fourth-order valence-electron chi connectivity index (χ4n) is 3.34. The van der Waals surface area contributed by atoms with Crippen molar-refractivity contribution in [2.45, 2.75) is 6.04 Å². The van der Waals surface area contributed by atoms with Crippen molar-refractivity contribution in [2.24, 2.45) is 0 Å². The Labute approximate surface area is 143 Å². The Balaban J connectivity index is 1.73. The van der Waals surface area contributed by atoms with Crippen LogP contribution in [0.2, 0.25) is 5.02 Å². The third kappa shape index (κ3) is 1.95. The van der Waals surface area contributed by atoms with Crippen LogP contribution in [0, 0.1) is 0 Å². The van der Waals surface area contributed by atoms with Gasteiger partial charge >= 0.3 is 0 Å². The van der Waals surface area contributed by atoms with Crippen LogP contribution in [0.25, 0.3) is 5.70 Å². The highest BCUT2D eigenvalue weighted by Crippen LogP contribution is 2.43. The topological polar surface area (TPSA) is 52.0 Å². The van der Waals surface area contributed by atoms with Crippen molar-refractivity contribution in [1.82, 2.24) is 14.8 Å². The fraction of sp³-hybridized carbons (Fsp3) is 0.111. The van der Waals surface area contributed by atoms with Gasteiger partial charge in [0, 0.05) is 16.2 Å². The number of hydrogen-bond donors (Lipinski definition) is 1. The van der Waals surface area contributed by atoms with E-state index < -0.39 is 0 Å². The highest BCUT2D eigenvalue weighted by Gasteiger charge is 2.34. The smallest absolute Gasteiger partial charge is 0.226 e. The first-order valence-corrected chi connectivity index (χ1v) is 8.06. The van der Waals surface area contributed by atoms with E-state index in [-0.39, 0.29) is 6.04 Å². The molecular weight excluding hydrogens is 324 g/mol. The first-order chi connectivity index (χ1) is 11.8. The normalized spacial score (nSPS) is 18.1. The lowest BCUT2D eigenvalue weighted by Gasteiger charge is -2.34. The molecule has 5 rings (SSSR count). The number of halogens is 1. The number of nitrogens with zero attached hydrogens (tertiary/aromatic N) is 3. The van der Waals surface area contributed by atoms with Gasteiger partial charge in [-0.3, -0.25) is 0 Å². The lowest BCUT2D eigenvalue weighted by atomic mass is 9.92. The van der Waals surface area contributed by atoms with Crippen LogP contribution >= 0.6 is 11.6 Å². The Hall–Kier alpha value is -2.79. The number of para-hydroxylation sites is 1. The molecule has 5 nitrogen and oxygen atoms in total. The number of benzene rings is 2. The molecule has 3 heterocycles. The molecule has 0 saturated heterocycles. The molecule has 1 aromatic heterocycles. The second kappa shape index (κ2) is 5.11. The summed E-state index contributed by atoms with van der Waals surface area (Å²) in [4.78, 5) is 4.35. The van der Waals surface area contributed by atoms with Crippen LogP contribution < -0.4 is 10.1 Å². The SMILES string of the molecule is Clc1ccc(C2C3=C(Nc4ncnn42)c2ccccc2OC3)cc1. The molecule has 6 heteroatoms. The summed E-state index contributed by atoms with van der Waals surface area (Å²) in [5, 5.41) is 8.53. The summed E-state index contributed by atoms with van der Waals surface area (Å²) in [6.07, 6.45) is 1.57. The van der Waals surface area contributed by atoms with Crippen molar-refractivity contribution >= 4 is 23.2 Å². The zero-order valence-electron chi connectivity index (χ0n) is 12.6. The predicted molar refractivity (Wildman–Crippen MR) is 92.1 cm³/mol. The van der Waals surface area contributed by atoms with Gasteiger partial charge in [0.05, 0.1) is 5.70 Å². The number of aromatic nitrogens is 3. The first-order valence-electron chi connectivity index (χ1n) is 7.68. The number of fused-ring (bicyclic) bond motifs is 3. The van der Waals surface area contributed by atoms with E-state index in [1.54, 1.807) is 6.33 Å². The predicted octanol–water partition coefficient (Wildman–Crippen LogP) is 3.75. The molecule has 1 N–H and O–H groups in total. The number of anilines is 1. The number of ether oxygens (including phenoxy) is 1. The van der Waals surface area contributed by atoms with Gasteiger partial charge in [0.25, 0.3) is 0 Å². The summed E-state index contributed by atoms with van der Waals surface area (Å²) < 4.78 is 7.86. The van der Waals surface area contributed by atoms with E-state index in [0.717, 1.165) is 34.1 Å². The Morgan fingerprint density at radius 2 is 1.96 bits per heavy atom. The van der Waals surface area contributed by atoms with Gasteiger partial charge in [0.2, 0.25) is 5.95 Å². The molecular formula is C18H13ClN4O. The van der Waals surface area contributed by atoms with Crippen LogP contribution in [0.3, 0.4) is 0 Å². The lowest BCUT2D eigenvalue weighted by Crippen LogP contribution is -2.30. The second-order valence-electron chi connectivity index (χ2n) is 5.79. The van der Waals surface area contributed by atoms with Crippen LogP contribution in [0.15, 0.2) is 60.4 Å². The largest absolute Gasteiger partial charge is 0.488 e. The van der Waals surface area contributed by atoms with Gasteiger partial charge in [-0.1, -0.05) is 35.9 Å². The molecule has 0 fully saturated rings. The molecule has 1 atom stereocenters. The minimum absolute atomic E-state index is 0.0654. The zero-order valence-corrected chi connectivity index (χ0v) is 13.4. The van der Waals surface area contributed by atoms with Gasteiger partial charge in [-0.15, -0.1) is 0 Å². The van der Waals surface area contributed by atoms with Crippen molar-refractivity contribution in [1.29, 1.82) is 0 Å². The van der Waals surface area contributed by atoms with Gasteiger partial charge in [-0.05, 0) is 29.8 Å². The maximum Gasteiger partial charge on any atom is 0.226 e. The van der Waals surface area contributed by atoms with Crippen LogP contribution in [0.4, 0.5) is 5.95 Å². The van der Waals surface area contributed by atoms with E-state index in [1.807, 2.05) is 47.1 Å². The Bertz CT molecular complexity index is 961. The molecule has 0 amide bonds. The molecule has 0 saturated carbocycles. The van der Waals surface area contributed by atoms with E-state index in [1.165, 1.54) is 0 Å². The third-order valence-electron chi connectivity index (χ3n) is 4.43. The first kappa shape index (κ1) is 13.6. The Kier molecular flexibility index (Phi) is 2.90. The second-order valence-corrected chi connectivity index (χ2v) is 6.23. The van der Waals surface area contributed by atoms with Crippen molar-refractivity contribution in [3.63, 3.8) is 0 Å². The van der Waals surface area contributed by atoms with Crippen LogP contribution in [0.5, 0.6) is 5.75 Å². The number of hydrogen-bond acceptors (Lipinski definition) is 4. The van der Waals surface area contributed by atoms with Gasteiger partial charge in [0.15, 0.2) is 0 Å². The van der Waals surface area contributed by atoms with E-state index >= 15 is 0 Å². The summed E-state index contributed by atoms with van der Waals surface area (Å²) >= 11 is 6.05. The summed E-state index contributed by atoms with van der Waals surface area (Å²) in [6, 6.07) is 15.8. The molecule has 1 unspecified atom stereocenters. The summed E-state index contributed by atoms with van der Waals surface area (Å²) in [5.41, 5.74) is 4.33. The van der Waals surface area contributed by atoms with Crippen molar-refractivity contribution in [3.8, 4) is 5.75 Å². The molecule has 2 aliphatic rings. The summed E-state index contributed by atoms with van der Waals surface area (Å²) in [7, 11) is 0.